The number of nitrogens with one attached hydrogen (secondary N) is 2. The van der Waals surface area contributed by atoms with Crippen LogP contribution in [0, 0.1) is 0 Å². The fraction of sp³-hybridized carbons (Fsp3) is 0.917. The van der Waals surface area contributed by atoms with Gasteiger partial charge in [0.1, 0.15) is 0 Å². The molecule has 1 amide bonds. The smallest absolute Gasteiger partial charge is 0.221 e. The highest BCUT2D eigenvalue weighted by molar-refractivity contribution is 5.85. The monoisotopic (exact) mass is 296 g/mol. The minimum Gasteiger partial charge on any atom is -0.382 e. The maximum atomic E-state index is 11.7. The van der Waals surface area contributed by atoms with Gasteiger partial charge in [0.2, 0.25) is 5.91 Å². The van der Waals surface area contributed by atoms with Gasteiger partial charge in [0.25, 0.3) is 0 Å². The minimum atomic E-state index is 0. The highest BCUT2D eigenvalue weighted by Gasteiger charge is 2.17. The van der Waals surface area contributed by atoms with E-state index in [0.717, 1.165) is 13.2 Å². The first-order chi connectivity index (χ1) is 8.72. The molecule has 0 aromatic heterocycles. The maximum Gasteiger partial charge on any atom is 0.221 e. The SMILES string of the molecule is COCCOCC(C)NC(=O)CC1COCCN1.Cl. The number of carbonyl (C=O) groups is 1. The summed E-state index contributed by atoms with van der Waals surface area (Å²) in [7, 11) is 1.63. The second-order valence-electron chi connectivity index (χ2n) is 4.47. The number of halogens is 1. The van der Waals surface area contributed by atoms with Crippen molar-refractivity contribution in [2.45, 2.75) is 25.4 Å². The third-order valence-corrected chi connectivity index (χ3v) is 2.64. The molecule has 114 valence electrons. The third kappa shape index (κ3) is 9.18. The van der Waals surface area contributed by atoms with Crippen LogP contribution in [0.3, 0.4) is 0 Å². The Balaban J connectivity index is 0.00000324. The Kier molecular flexibility index (Phi) is 11.2. The van der Waals surface area contributed by atoms with Crippen LogP contribution in [-0.2, 0) is 19.0 Å². The van der Waals surface area contributed by atoms with Gasteiger partial charge in [0.15, 0.2) is 0 Å². The van der Waals surface area contributed by atoms with Crippen LogP contribution in [0.4, 0.5) is 0 Å². The first kappa shape index (κ1) is 18.6. The van der Waals surface area contributed by atoms with E-state index in [1.54, 1.807) is 7.11 Å². The van der Waals surface area contributed by atoms with Gasteiger partial charge in [-0.05, 0) is 6.92 Å². The van der Waals surface area contributed by atoms with Crippen molar-refractivity contribution in [1.82, 2.24) is 10.6 Å². The first-order valence-electron chi connectivity index (χ1n) is 6.39. The Morgan fingerprint density at radius 1 is 1.53 bits per heavy atom. The molecule has 6 nitrogen and oxygen atoms in total. The molecule has 1 fully saturated rings. The van der Waals surface area contributed by atoms with Crippen LogP contribution in [0.2, 0.25) is 0 Å². The van der Waals surface area contributed by atoms with E-state index in [0.29, 0.717) is 32.8 Å². The largest absolute Gasteiger partial charge is 0.382 e. The molecular formula is C12H25ClN2O4. The predicted molar refractivity (Wildman–Crippen MR) is 74.8 cm³/mol. The van der Waals surface area contributed by atoms with Crippen molar-refractivity contribution in [3.63, 3.8) is 0 Å². The Morgan fingerprint density at radius 3 is 2.95 bits per heavy atom. The van der Waals surface area contributed by atoms with Crippen LogP contribution in [-0.4, -0.2) is 64.7 Å². The molecule has 2 N–H and O–H groups in total. The molecule has 1 aliphatic rings. The van der Waals surface area contributed by atoms with Crippen molar-refractivity contribution < 1.29 is 19.0 Å². The zero-order valence-corrected chi connectivity index (χ0v) is 12.5. The van der Waals surface area contributed by atoms with Gasteiger partial charge < -0.3 is 24.8 Å². The summed E-state index contributed by atoms with van der Waals surface area (Å²) in [6, 6.07) is 0.138. The Morgan fingerprint density at radius 2 is 2.32 bits per heavy atom. The second-order valence-corrected chi connectivity index (χ2v) is 4.47. The molecule has 1 aliphatic heterocycles. The predicted octanol–water partition coefficient (Wildman–Crippen LogP) is -0.0456. The van der Waals surface area contributed by atoms with Crippen LogP contribution in [0.1, 0.15) is 13.3 Å². The van der Waals surface area contributed by atoms with E-state index in [1.807, 2.05) is 6.92 Å². The highest BCUT2D eigenvalue weighted by Crippen LogP contribution is 1.98. The first-order valence-corrected chi connectivity index (χ1v) is 6.39. The molecule has 0 aromatic carbocycles. The average molecular weight is 297 g/mol. The number of methoxy groups -OCH3 is 1. The molecule has 19 heavy (non-hydrogen) atoms. The fourth-order valence-corrected chi connectivity index (χ4v) is 1.75. The number of hydrogen-bond acceptors (Lipinski definition) is 5. The number of morpholine rings is 1. The van der Waals surface area contributed by atoms with E-state index in [1.165, 1.54) is 0 Å². The van der Waals surface area contributed by atoms with Gasteiger partial charge >= 0.3 is 0 Å². The number of carbonyl (C=O) groups excluding carboxylic acids is 1. The summed E-state index contributed by atoms with van der Waals surface area (Å²) in [5.74, 6) is 0.0286. The fourth-order valence-electron chi connectivity index (χ4n) is 1.75. The molecule has 0 aromatic rings. The minimum absolute atomic E-state index is 0. The lowest BCUT2D eigenvalue weighted by molar-refractivity contribution is -0.123. The number of amides is 1. The summed E-state index contributed by atoms with van der Waals surface area (Å²) in [6.07, 6.45) is 0.447. The molecular weight excluding hydrogens is 272 g/mol. The van der Waals surface area contributed by atoms with E-state index >= 15 is 0 Å². The lowest BCUT2D eigenvalue weighted by atomic mass is 10.2. The van der Waals surface area contributed by atoms with E-state index in [9.17, 15) is 4.79 Å². The molecule has 2 atom stereocenters. The average Bonchev–Trinajstić information content (AvgIpc) is 2.35. The van der Waals surface area contributed by atoms with Crippen molar-refractivity contribution in [2.24, 2.45) is 0 Å². The zero-order valence-electron chi connectivity index (χ0n) is 11.6. The molecule has 0 radical (unpaired) electrons. The zero-order chi connectivity index (χ0) is 13.2. The van der Waals surface area contributed by atoms with Gasteiger partial charge in [0, 0.05) is 32.2 Å². The molecule has 0 bridgehead atoms. The van der Waals surface area contributed by atoms with Crippen molar-refractivity contribution >= 4 is 18.3 Å². The lowest BCUT2D eigenvalue weighted by Crippen LogP contribution is -2.46. The summed E-state index contributed by atoms with van der Waals surface area (Å²) < 4.78 is 15.5. The number of hydrogen-bond donors (Lipinski definition) is 2. The summed E-state index contributed by atoms with van der Waals surface area (Å²) in [5, 5.41) is 6.15. The van der Waals surface area contributed by atoms with Crippen LogP contribution in [0.15, 0.2) is 0 Å². The lowest BCUT2D eigenvalue weighted by Gasteiger charge is -2.24. The van der Waals surface area contributed by atoms with E-state index in [4.69, 9.17) is 14.2 Å². The van der Waals surface area contributed by atoms with Crippen molar-refractivity contribution in [2.75, 3.05) is 46.7 Å². The third-order valence-electron chi connectivity index (χ3n) is 2.64. The standard InChI is InChI=1S/C12H24N2O4.ClH/c1-10(8-18-6-5-16-2)14-12(15)7-11-9-17-4-3-13-11;/h10-11,13H,3-9H2,1-2H3,(H,14,15);1H. The van der Waals surface area contributed by atoms with Gasteiger partial charge in [-0.1, -0.05) is 0 Å². The van der Waals surface area contributed by atoms with Gasteiger partial charge in [-0.15, -0.1) is 12.4 Å². The Hall–Kier alpha value is -0.400. The summed E-state index contributed by atoms with van der Waals surface area (Å²) in [6.45, 7) is 5.69. The van der Waals surface area contributed by atoms with Gasteiger partial charge in [-0.25, -0.2) is 0 Å². The molecule has 7 heteroatoms. The van der Waals surface area contributed by atoms with Crippen LogP contribution in [0.5, 0.6) is 0 Å². The molecule has 0 spiro atoms. The molecule has 0 saturated carbocycles. The van der Waals surface area contributed by atoms with Crippen molar-refractivity contribution in [1.29, 1.82) is 0 Å². The number of rotatable bonds is 8. The van der Waals surface area contributed by atoms with E-state index in [2.05, 4.69) is 10.6 Å². The Bertz CT molecular complexity index is 238. The van der Waals surface area contributed by atoms with E-state index in [-0.39, 0.29) is 30.4 Å². The summed E-state index contributed by atoms with van der Waals surface area (Å²) in [4.78, 5) is 11.7. The molecule has 1 heterocycles. The second kappa shape index (κ2) is 11.4. The quantitative estimate of drug-likeness (QED) is 0.615. The normalized spacial score (nSPS) is 20.4. The van der Waals surface area contributed by atoms with Crippen LogP contribution in [0.25, 0.3) is 0 Å². The van der Waals surface area contributed by atoms with Gasteiger partial charge in [-0.3, -0.25) is 4.79 Å². The van der Waals surface area contributed by atoms with Gasteiger partial charge in [-0.2, -0.15) is 0 Å². The molecule has 0 aliphatic carbocycles. The van der Waals surface area contributed by atoms with E-state index < -0.39 is 0 Å². The Labute approximate surface area is 121 Å². The number of ether oxygens (including phenoxy) is 3. The molecule has 1 saturated heterocycles. The molecule has 2 unspecified atom stereocenters. The van der Waals surface area contributed by atoms with Crippen molar-refractivity contribution in [3.05, 3.63) is 0 Å². The van der Waals surface area contributed by atoms with Crippen molar-refractivity contribution in [3.8, 4) is 0 Å². The van der Waals surface area contributed by atoms with Gasteiger partial charge in [0.05, 0.1) is 33.0 Å². The maximum absolute atomic E-state index is 11.7. The summed E-state index contributed by atoms with van der Waals surface area (Å²) >= 11 is 0. The van der Waals surface area contributed by atoms with Crippen LogP contribution < -0.4 is 10.6 Å². The van der Waals surface area contributed by atoms with Crippen LogP contribution >= 0.6 is 12.4 Å². The molecule has 1 rings (SSSR count). The highest BCUT2D eigenvalue weighted by atomic mass is 35.5. The topological polar surface area (TPSA) is 68.8 Å². The summed E-state index contributed by atoms with van der Waals surface area (Å²) in [5.41, 5.74) is 0.